The van der Waals surface area contributed by atoms with Crippen LogP contribution in [0.15, 0.2) is 54.6 Å². The number of hydrogen-bond donors (Lipinski definition) is 1. The first-order chi connectivity index (χ1) is 11.3. The SMILES string of the molecule is CC(C(=O)NCc1ccccc1)N(c1cccc(F)c1)S(C)(=O)=O. The van der Waals surface area contributed by atoms with E-state index in [2.05, 4.69) is 5.32 Å². The van der Waals surface area contributed by atoms with Crippen molar-refractivity contribution in [3.63, 3.8) is 0 Å². The minimum atomic E-state index is -3.76. The van der Waals surface area contributed by atoms with Gasteiger partial charge in [0.25, 0.3) is 0 Å². The number of carbonyl (C=O) groups excluding carboxylic acids is 1. The number of sulfonamides is 1. The quantitative estimate of drug-likeness (QED) is 0.869. The Labute approximate surface area is 141 Å². The van der Waals surface area contributed by atoms with E-state index in [1.807, 2.05) is 30.3 Å². The van der Waals surface area contributed by atoms with Gasteiger partial charge in [-0.3, -0.25) is 9.10 Å². The van der Waals surface area contributed by atoms with E-state index in [0.717, 1.165) is 22.2 Å². The molecule has 1 unspecified atom stereocenters. The van der Waals surface area contributed by atoms with Crippen molar-refractivity contribution in [2.45, 2.75) is 19.5 Å². The number of halogens is 1. The van der Waals surface area contributed by atoms with Gasteiger partial charge in [0.2, 0.25) is 15.9 Å². The van der Waals surface area contributed by atoms with Crippen molar-refractivity contribution in [1.82, 2.24) is 5.32 Å². The van der Waals surface area contributed by atoms with Crippen LogP contribution in [0.4, 0.5) is 10.1 Å². The highest BCUT2D eigenvalue weighted by Crippen LogP contribution is 2.21. The molecule has 0 heterocycles. The van der Waals surface area contributed by atoms with E-state index in [1.54, 1.807) is 0 Å². The highest BCUT2D eigenvalue weighted by molar-refractivity contribution is 7.92. The van der Waals surface area contributed by atoms with E-state index >= 15 is 0 Å². The molecule has 0 aliphatic carbocycles. The van der Waals surface area contributed by atoms with Crippen LogP contribution in [0.2, 0.25) is 0 Å². The summed E-state index contributed by atoms with van der Waals surface area (Å²) in [4.78, 5) is 12.4. The van der Waals surface area contributed by atoms with Gasteiger partial charge in [0.1, 0.15) is 11.9 Å². The van der Waals surface area contributed by atoms with Crippen molar-refractivity contribution in [1.29, 1.82) is 0 Å². The normalized spacial score (nSPS) is 12.5. The highest BCUT2D eigenvalue weighted by atomic mass is 32.2. The van der Waals surface area contributed by atoms with E-state index in [-0.39, 0.29) is 12.2 Å². The minimum Gasteiger partial charge on any atom is -0.350 e. The predicted molar refractivity (Wildman–Crippen MR) is 91.5 cm³/mol. The van der Waals surface area contributed by atoms with Crippen LogP contribution in [0.25, 0.3) is 0 Å². The summed E-state index contributed by atoms with van der Waals surface area (Å²) in [7, 11) is -3.76. The smallest absolute Gasteiger partial charge is 0.243 e. The van der Waals surface area contributed by atoms with Crippen LogP contribution < -0.4 is 9.62 Å². The molecule has 1 amide bonds. The molecule has 0 bridgehead atoms. The molecule has 128 valence electrons. The summed E-state index contributed by atoms with van der Waals surface area (Å²) in [5.74, 6) is -1.04. The summed E-state index contributed by atoms with van der Waals surface area (Å²) in [5.41, 5.74) is 1.01. The van der Waals surface area contributed by atoms with E-state index in [1.165, 1.54) is 25.1 Å². The second-order valence-corrected chi connectivity index (χ2v) is 7.28. The van der Waals surface area contributed by atoms with Crippen LogP contribution in [0.5, 0.6) is 0 Å². The summed E-state index contributed by atoms with van der Waals surface area (Å²) >= 11 is 0. The van der Waals surface area contributed by atoms with Crippen molar-refractivity contribution in [2.75, 3.05) is 10.6 Å². The third-order valence-corrected chi connectivity index (χ3v) is 4.70. The molecular formula is C17H19FN2O3S. The maximum atomic E-state index is 13.4. The van der Waals surface area contributed by atoms with Crippen molar-refractivity contribution >= 4 is 21.6 Å². The van der Waals surface area contributed by atoms with Crippen molar-refractivity contribution < 1.29 is 17.6 Å². The minimum absolute atomic E-state index is 0.111. The third-order valence-electron chi connectivity index (χ3n) is 3.46. The fourth-order valence-electron chi connectivity index (χ4n) is 2.35. The van der Waals surface area contributed by atoms with Gasteiger partial charge in [0.15, 0.2) is 0 Å². The van der Waals surface area contributed by atoms with Gasteiger partial charge in [-0.05, 0) is 30.7 Å². The molecule has 1 atom stereocenters. The Hall–Kier alpha value is -2.41. The number of anilines is 1. The molecule has 2 rings (SSSR count). The summed E-state index contributed by atoms with van der Waals surface area (Å²) in [6, 6.07) is 13.4. The Morgan fingerprint density at radius 2 is 1.83 bits per heavy atom. The molecule has 0 fully saturated rings. The van der Waals surface area contributed by atoms with Crippen molar-refractivity contribution in [3.05, 3.63) is 66.0 Å². The Morgan fingerprint density at radius 1 is 1.17 bits per heavy atom. The summed E-state index contributed by atoms with van der Waals surface area (Å²) in [6.45, 7) is 1.75. The fourth-order valence-corrected chi connectivity index (χ4v) is 3.52. The number of hydrogen-bond acceptors (Lipinski definition) is 3. The molecule has 0 aliphatic heterocycles. The lowest BCUT2D eigenvalue weighted by atomic mass is 10.2. The van der Waals surface area contributed by atoms with Crippen LogP contribution in [0, 0.1) is 5.82 Å². The summed E-state index contributed by atoms with van der Waals surface area (Å²) in [6.07, 6.45) is 0.985. The lowest BCUT2D eigenvalue weighted by Gasteiger charge is -2.28. The van der Waals surface area contributed by atoms with Gasteiger partial charge < -0.3 is 5.32 Å². The molecule has 0 spiro atoms. The van der Waals surface area contributed by atoms with E-state index in [4.69, 9.17) is 0 Å². The van der Waals surface area contributed by atoms with Gasteiger partial charge in [-0.2, -0.15) is 0 Å². The zero-order valence-corrected chi connectivity index (χ0v) is 14.3. The summed E-state index contributed by atoms with van der Waals surface area (Å²) < 4.78 is 38.5. The Bertz CT molecular complexity index is 810. The molecule has 0 saturated heterocycles. The number of rotatable bonds is 6. The molecular weight excluding hydrogens is 331 g/mol. The molecule has 0 aliphatic rings. The average Bonchev–Trinajstić information content (AvgIpc) is 2.52. The molecule has 7 heteroatoms. The largest absolute Gasteiger partial charge is 0.350 e. The van der Waals surface area contributed by atoms with E-state index in [0.29, 0.717) is 0 Å². The van der Waals surface area contributed by atoms with Crippen molar-refractivity contribution in [3.8, 4) is 0 Å². The van der Waals surface area contributed by atoms with Crippen LogP contribution >= 0.6 is 0 Å². The lowest BCUT2D eigenvalue weighted by Crippen LogP contribution is -2.47. The van der Waals surface area contributed by atoms with Crippen molar-refractivity contribution in [2.24, 2.45) is 0 Å². The molecule has 5 nitrogen and oxygen atoms in total. The van der Waals surface area contributed by atoms with Gasteiger partial charge in [-0.25, -0.2) is 12.8 Å². The maximum absolute atomic E-state index is 13.4. The van der Waals surface area contributed by atoms with Crippen LogP contribution in [-0.2, 0) is 21.4 Å². The Morgan fingerprint density at radius 3 is 2.42 bits per heavy atom. The molecule has 0 saturated carbocycles. The number of benzene rings is 2. The number of amides is 1. The first kappa shape index (κ1) is 17.9. The lowest BCUT2D eigenvalue weighted by molar-refractivity contribution is -0.122. The maximum Gasteiger partial charge on any atom is 0.243 e. The second kappa shape index (κ2) is 7.44. The molecule has 0 aromatic heterocycles. The Kier molecular flexibility index (Phi) is 5.56. The molecule has 2 aromatic rings. The molecule has 2 aromatic carbocycles. The standard InChI is InChI=1S/C17H19FN2O3S/c1-13(17(21)19-12-14-7-4-3-5-8-14)20(24(2,22)23)16-10-6-9-15(18)11-16/h3-11,13H,12H2,1-2H3,(H,19,21). The molecule has 1 N–H and O–H groups in total. The first-order valence-corrected chi connectivity index (χ1v) is 9.20. The van der Waals surface area contributed by atoms with E-state index < -0.39 is 27.8 Å². The van der Waals surface area contributed by atoms with Crippen LogP contribution in [0.1, 0.15) is 12.5 Å². The topological polar surface area (TPSA) is 66.5 Å². The second-order valence-electron chi connectivity index (χ2n) is 5.42. The highest BCUT2D eigenvalue weighted by Gasteiger charge is 2.29. The molecule has 0 radical (unpaired) electrons. The predicted octanol–water partition coefficient (Wildman–Crippen LogP) is 2.30. The molecule has 24 heavy (non-hydrogen) atoms. The Balaban J connectivity index is 2.19. The number of nitrogens with one attached hydrogen (secondary N) is 1. The van der Waals surface area contributed by atoms with Gasteiger partial charge >= 0.3 is 0 Å². The van der Waals surface area contributed by atoms with Gasteiger partial charge in [-0.1, -0.05) is 36.4 Å². The zero-order chi connectivity index (χ0) is 17.7. The third kappa shape index (κ3) is 4.55. The fraction of sp³-hybridized carbons (Fsp3) is 0.235. The van der Waals surface area contributed by atoms with Gasteiger partial charge in [0, 0.05) is 6.54 Å². The van der Waals surface area contributed by atoms with Crippen LogP contribution in [-0.4, -0.2) is 26.6 Å². The zero-order valence-electron chi connectivity index (χ0n) is 13.4. The number of nitrogens with zero attached hydrogens (tertiary/aromatic N) is 1. The monoisotopic (exact) mass is 350 g/mol. The number of carbonyl (C=O) groups is 1. The summed E-state index contributed by atoms with van der Waals surface area (Å²) in [5, 5.41) is 2.70. The van der Waals surface area contributed by atoms with Gasteiger partial charge in [-0.15, -0.1) is 0 Å². The van der Waals surface area contributed by atoms with Gasteiger partial charge in [0.05, 0.1) is 11.9 Å². The average molecular weight is 350 g/mol. The van der Waals surface area contributed by atoms with Crippen LogP contribution in [0.3, 0.4) is 0 Å². The van der Waals surface area contributed by atoms with E-state index in [9.17, 15) is 17.6 Å². The first-order valence-electron chi connectivity index (χ1n) is 7.35.